The molecule has 0 amide bonds. The highest BCUT2D eigenvalue weighted by molar-refractivity contribution is 5.76. The van der Waals surface area contributed by atoms with E-state index in [1.54, 1.807) is 25.3 Å². The van der Waals surface area contributed by atoms with Crippen molar-refractivity contribution in [1.82, 2.24) is 0 Å². The molecule has 0 fully saturated rings. The summed E-state index contributed by atoms with van der Waals surface area (Å²) in [5.74, 6) is 0.934. The molecule has 0 radical (unpaired) electrons. The molecule has 2 aromatic carbocycles. The van der Waals surface area contributed by atoms with Crippen molar-refractivity contribution in [2.24, 2.45) is 0 Å². The first-order valence-corrected chi connectivity index (χ1v) is 6.48. The van der Waals surface area contributed by atoms with Gasteiger partial charge in [0.15, 0.2) is 0 Å². The van der Waals surface area contributed by atoms with Gasteiger partial charge in [-0.2, -0.15) is 0 Å². The van der Waals surface area contributed by atoms with Crippen molar-refractivity contribution in [3.05, 3.63) is 53.6 Å². The van der Waals surface area contributed by atoms with Crippen LogP contribution in [0.15, 0.2) is 42.5 Å². The van der Waals surface area contributed by atoms with Crippen molar-refractivity contribution in [2.75, 3.05) is 12.8 Å². The van der Waals surface area contributed by atoms with Crippen LogP contribution in [0.2, 0.25) is 0 Å². The minimum Gasteiger partial charge on any atom is -0.497 e. The van der Waals surface area contributed by atoms with Gasteiger partial charge in [-0.3, -0.25) is 4.79 Å². The summed E-state index contributed by atoms with van der Waals surface area (Å²) in [6.45, 7) is 1.38. The van der Waals surface area contributed by atoms with Crippen LogP contribution < -0.4 is 15.2 Å². The molecule has 0 unspecified atom stereocenters. The van der Waals surface area contributed by atoms with Gasteiger partial charge >= 0.3 is 5.97 Å². The Labute approximate surface area is 123 Å². The Morgan fingerprint density at radius 1 is 1.05 bits per heavy atom. The maximum Gasteiger partial charge on any atom is 0.308 e. The Morgan fingerprint density at radius 3 is 2.29 bits per heavy atom. The fourth-order valence-corrected chi connectivity index (χ4v) is 1.83. The summed E-state index contributed by atoms with van der Waals surface area (Å²) in [6, 6.07) is 12.8. The number of nitrogen functional groups attached to an aromatic ring is 1. The van der Waals surface area contributed by atoms with Crippen molar-refractivity contribution < 1.29 is 14.3 Å². The molecule has 0 heterocycles. The molecule has 0 saturated carbocycles. The number of carbonyl (C=O) groups excluding carboxylic acids is 1. The largest absolute Gasteiger partial charge is 0.497 e. The second-order valence-corrected chi connectivity index (χ2v) is 4.49. The van der Waals surface area contributed by atoms with Gasteiger partial charge in [0.25, 0.3) is 0 Å². The molecule has 4 nitrogen and oxygen atoms in total. The molecule has 2 aromatic rings. The van der Waals surface area contributed by atoms with E-state index in [-0.39, 0.29) is 5.97 Å². The number of ether oxygens (including phenoxy) is 2. The van der Waals surface area contributed by atoms with Crippen LogP contribution in [-0.2, 0) is 4.79 Å². The van der Waals surface area contributed by atoms with Crippen LogP contribution in [0.25, 0.3) is 12.2 Å². The minimum absolute atomic E-state index is 0.329. The van der Waals surface area contributed by atoms with Gasteiger partial charge in [0.2, 0.25) is 0 Å². The van der Waals surface area contributed by atoms with Gasteiger partial charge in [0.1, 0.15) is 11.5 Å². The zero-order chi connectivity index (χ0) is 15.2. The summed E-state index contributed by atoms with van der Waals surface area (Å²) < 4.78 is 10.1. The van der Waals surface area contributed by atoms with E-state index < -0.39 is 0 Å². The summed E-state index contributed by atoms with van der Waals surface area (Å²) in [5, 5.41) is 0. The van der Waals surface area contributed by atoms with Crippen LogP contribution in [0.1, 0.15) is 18.1 Å². The number of anilines is 1. The monoisotopic (exact) mass is 283 g/mol. The van der Waals surface area contributed by atoms with E-state index in [1.165, 1.54) is 6.92 Å². The Kier molecular flexibility index (Phi) is 4.61. The van der Waals surface area contributed by atoms with Crippen LogP contribution in [-0.4, -0.2) is 13.1 Å². The van der Waals surface area contributed by atoms with Crippen LogP contribution in [0.3, 0.4) is 0 Å². The third-order valence-corrected chi connectivity index (χ3v) is 2.89. The average molecular weight is 283 g/mol. The smallest absolute Gasteiger partial charge is 0.308 e. The number of carbonyl (C=O) groups is 1. The zero-order valence-electron chi connectivity index (χ0n) is 12.0. The molecule has 0 aliphatic rings. The number of nitrogens with two attached hydrogens (primary N) is 1. The molecule has 108 valence electrons. The fraction of sp³-hybridized carbons (Fsp3) is 0.118. The SMILES string of the molecule is COc1ccc(C=Cc2ccc(OC(C)=O)cc2)c(N)c1. The molecule has 0 atom stereocenters. The number of methoxy groups -OCH3 is 1. The van der Waals surface area contributed by atoms with Gasteiger partial charge in [-0.1, -0.05) is 24.3 Å². The highest BCUT2D eigenvalue weighted by Gasteiger charge is 1.99. The number of esters is 1. The Balaban J connectivity index is 2.12. The summed E-state index contributed by atoms with van der Waals surface area (Å²) >= 11 is 0. The summed E-state index contributed by atoms with van der Waals surface area (Å²) in [7, 11) is 1.61. The zero-order valence-corrected chi connectivity index (χ0v) is 12.0. The first kappa shape index (κ1) is 14.7. The number of benzene rings is 2. The topological polar surface area (TPSA) is 61.5 Å². The van der Waals surface area contributed by atoms with Crippen molar-refractivity contribution in [1.29, 1.82) is 0 Å². The predicted molar refractivity (Wildman–Crippen MR) is 84.1 cm³/mol. The van der Waals surface area contributed by atoms with E-state index >= 15 is 0 Å². The van der Waals surface area contributed by atoms with Gasteiger partial charge in [-0.05, 0) is 35.4 Å². The Morgan fingerprint density at radius 2 is 1.71 bits per heavy atom. The quantitative estimate of drug-likeness (QED) is 0.404. The maximum atomic E-state index is 10.8. The van der Waals surface area contributed by atoms with Gasteiger partial charge in [-0.25, -0.2) is 0 Å². The van der Waals surface area contributed by atoms with Crippen LogP contribution in [0.5, 0.6) is 11.5 Å². The standard InChI is InChI=1S/C17H17NO3/c1-12(19)21-15-8-4-13(5-9-15)3-6-14-7-10-16(20-2)11-17(14)18/h3-11H,18H2,1-2H3. The Hall–Kier alpha value is -2.75. The first-order valence-electron chi connectivity index (χ1n) is 6.48. The van der Waals surface area contributed by atoms with Crippen LogP contribution in [0, 0.1) is 0 Å². The lowest BCUT2D eigenvalue weighted by Gasteiger charge is -2.04. The number of hydrogen-bond donors (Lipinski definition) is 1. The molecule has 2 rings (SSSR count). The molecule has 0 aliphatic heterocycles. The third-order valence-electron chi connectivity index (χ3n) is 2.89. The molecule has 0 bridgehead atoms. The highest BCUT2D eigenvalue weighted by atomic mass is 16.5. The van der Waals surface area contributed by atoms with Crippen molar-refractivity contribution in [3.63, 3.8) is 0 Å². The van der Waals surface area contributed by atoms with Gasteiger partial charge in [-0.15, -0.1) is 0 Å². The molecule has 4 heteroatoms. The fourth-order valence-electron chi connectivity index (χ4n) is 1.83. The van der Waals surface area contributed by atoms with Crippen molar-refractivity contribution in [3.8, 4) is 11.5 Å². The third kappa shape index (κ3) is 4.11. The molecule has 0 aliphatic carbocycles. The summed E-state index contributed by atoms with van der Waals surface area (Å²) in [6.07, 6.45) is 3.87. The van der Waals surface area contributed by atoms with E-state index in [4.69, 9.17) is 15.2 Å². The predicted octanol–water partition coefficient (Wildman–Crippen LogP) is 3.37. The van der Waals surface area contributed by atoms with Gasteiger partial charge < -0.3 is 15.2 Å². The molecule has 2 N–H and O–H groups in total. The molecular formula is C17H17NO3. The number of hydrogen-bond acceptors (Lipinski definition) is 4. The molecule has 0 aromatic heterocycles. The maximum absolute atomic E-state index is 10.8. The highest BCUT2D eigenvalue weighted by Crippen LogP contribution is 2.22. The van der Waals surface area contributed by atoms with Gasteiger partial charge in [0, 0.05) is 18.7 Å². The lowest BCUT2D eigenvalue weighted by Crippen LogP contribution is -2.00. The van der Waals surface area contributed by atoms with E-state index in [2.05, 4.69) is 0 Å². The van der Waals surface area contributed by atoms with Gasteiger partial charge in [0.05, 0.1) is 7.11 Å². The van der Waals surface area contributed by atoms with E-state index in [9.17, 15) is 4.79 Å². The van der Waals surface area contributed by atoms with E-state index in [0.29, 0.717) is 11.4 Å². The van der Waals surface area contributed by atoms with Crippen molar-refractivity contribution >= 4 is 23.8 Å². The average Bonchev–Trinajstić information content (AvgIpc) is 2.47. The van der Waals surface area contributed by atoms with Crippen LogP contribution >= 0.6 is 0 Å². The normalized spacial score (nSPS) is 10.6. The minimum atomic E-state index is -0.329. The second-order valence-electron chi connectivity index (χ2n) is 4.49. The molecule has 0 saturated heterocycles. The number of rotatable bonds is 4. The summed E-state index contributed by atoms with van der Waals surface area (Å²) in [5.41, 5.74) is 8.51. The second kappa shape index (κ2) is 6.61. The first-order chi connectivity index (χ1) is 10.1. The lowest BCUT2D eigenvalue weighted by molar-refractivity contribution is -0.131. The summed E-state index contributed by atoms with van der Waals surface area (Å²) in [4.78, 5) is 10.8. The molecule has 0 spiro atoms. The Bertz CT molecular complexity index is 660. The molecule has 21 heavy (non-hydrogen) atoms. The van der Waals surface area contributed by atoms with Crippen LogP contribution in [0.4, 0.5) is 5.69 Å². The van der Waals surface area contributed by atoms with E-state index in [0.717, 1.165) is 16.9 Å². The van der Waals surface area contributed by atoms with Crippen molar-refractivity contribution in [2.45, 2.75) is 6.92 Å². The molecular weight excluding hydrogens is 266 g/mol. The van der Waals surface area contributed by atoms with E-state index in [1.807, 2.05) is 36.4 Å². The lowest BCUT2D eigenvalue weighted by atomic mass is 10.1.